The van der Waals surface area contributed by atoms with Gasteiger partial charge in [0.25, 0.3) is 5.91 Å². The van der Waals surface area contributed by atoms with Gasteiger partial charge < -0.3 is 0 Å². The maximum Gasteiger partial charge on any atom is 0.258 e. The molecule has 2 heterocycles. The normalized spacial score (nSPS) is 16.0. The lowest BCUT2D eigenvalue weighted by Crippen LogP contribution is -2.38. The zero-order valence-corrected chi connectivity index (χ0v) is 18.9. The minimum Gasteiger partial charge on any atom is -0.290 e. The average molecular weight is 501 g/mol. The van der Waals surface area contributed by atoms with Crippen LogP contribution in [0.1, 0.15) is 28.0 Å². The number of halogens is 3. The van der Waals surface area contributed by atoms with Gasteiger partial charge in [-0.05, 0) is 55.2 Å². The van der Waals surface area contributed by atoms with Crippen LogP contribution in [0.4, 0.5) is 10.3 Å². The molecule has 162 valence electrons. The molecule has 2 aromatic heterocycles. The van der Waals surface area contributed by atoms with Crippen LogP contribution in [0.25, 0.3) is 0 Å². The van der Waals surface area contributed by atoms with Crippen LogP contribution in [0.5, 0.6) is 0 Å². The summed E-state index contributed by atoms with van der Waals surface area (Å²) in [5.74, 6) is -0.748. The number of fused-ring (bicyclic) bond motifs is 1. The molecule has 7 nitrogen and oxygen atoms in total. The Kier molecular flexibility index (Phi) is 6.27. The number of benzene rings is 1. The van der Waals surface area contributed by atoms with Crippen LogP contribution in [0.2, 0.25) is 9.36 Å². The number of hydrogen-bond acceptors (Lipinski definition) is 6. The van der Waals surface area contributed by atoms with Crippen molar-refractivity contribution in [1.29, 1.82) is 0 Å². The number of carbonyl (C=O) groups excluding carboxylic acids is 1. The fraction of sp³-hybridized carbons (Fsp3) is 0.211. The maximum absolute atomic E-state index is 13.0. The molecular weight excluding hydrogens is 486 g/mol. The summed E-state index contributed by atoms with van der Waals surface area (Å²) < 4.78 is 41.1. The van der Waals surface area contributed by atoms with Gasteiger partial charge in [-0.25, -0.2) is 27.5 Å². The van der Waals surface area contributed by atoms with E-state index < -0.39 is 21.7 Å². The van der Waals surface area contributed by atoms with Crippen molar-refractivity contribution in [2.45, 2.75) is 29.5 Å². The summed E-state index contributed by atoms with van der Waals surface area (Å²) in [6.07, 6.45) is 3.02. The Balaban J connectivity index is 1.43. The average Bonchev–Trinajstić information content (AvgIpc) is 3.08. The number of aromatic nitrogens is 2. The molecule has 4 rings (SSSR count). The molecule has 1 atom stereocenters. The summed E-state index contributed by atoms with van der Waals surface area (Å²) in [6.45, 7) is 0. The van der Waals surface area contributed by atoms with Crippen LogP contribution in [-0.2, 0) is 22.9 Å². The molecule has 0 aliphatic heterocycles. The molecule has 12 heteroatoms. The van der Waals surface area contributed by atoms with Crippen LogP contribution in [0, 0.1) is 5.82 Å². The van der Waals surface area contributed by atoms with Gasteiger partial charge in [-0.2, -0.15) is 0 Å². The molecule has 0 fully saturated rings. The van der Waals surface area contributed by atoms with Crippen molar-refractivity contribution in [2.24, 2.45) is 0 Å². The minimum absolute atomic E-state index is 0.0587. The Morgan fingerprint density at radius 2 is 1.97 bits per heavy atom. The van der Waals surface area contributed by atoms with Gasteiger partial charge in [0.15, 0.2) is 0 Å². The Morgan fingerprint density at radius 1 is 1.23 bits per heavy atom. The van der Waals surface area contributed by atoms with Crippen molar-refractivity contribution in [3.05, 3.63) is 68.5 Å². The topological polar surface area (TPSA) is 101 Å². The second kappa shape index (κ2) is 8.79. The molecule has 0 spiro atoms. The summed E-state index contributed by atoms with van der Waals surface area (Å²) in [5.41, 5.74) is 1.81. The first-order valence-electron chi connectivity index (χ1n) is 9.10. The maximum atomic E-state index is 13.0. The molecule has 0 saturated heterocycles. The Hall–Kier alpha value is -2.11. The van der Waals surface area contributed by atoms with Gasteiger partial charge in [-0.1, -0.05) is 23.2 Å². The van der Waals surface area contributed by atoms with E-state index in [0.29, 0.717) is 19.3 Å². The van der Waals surface area contributed by atoms with Crippen molar-refractivity contribution in [2.75, 3.05) is 5.32 Å². The quantitative estimate of drug-likeness (QED) is 0.549. The van der Waals surface area contributed by atoms with Crippen LogP contribution >= 0.6 is 34.5 Å². The lowest BCUT2D eigenvalue weighted by molar-refractivity contribution is 0.102. The van der Waals surface area contributed by atoms with E-state index in [-0.39, 0.29) is 31.1 Å². The second-order valence-electron chi connectivity index (χ2n) is 6.87. The van der Waals surface area contributed by atoms with E-state index >= 15 is 0 Å². The Labute approximate surface area is 191 Å². The van der Waals surface area contributed by atoms with Gasteiger partial charge in [-0.3, -0.25) is 10.1 Å². The summed E-state index contributed by atoms with van der Waals surface area (Å²) in [7, 11) is -3.75. The lowest BCUT2D eigenvalue weighted by atomic mass is 9.94. The molecule has 1 amide bonds. The fourth-order valence-corrected chi connectivity index (χ4v) is 6.35. The number of hydrogen-bond donors (Lipinski definition) is 2. The minimum atomic E-state index is -3.75. The second-order valence-corrected chi connectivity index (χ2v) is 10.9. The third-order valence-electron chi connectivity index (χ3n) is 4.69. The monoisotopic (exact) mass is 500 g/mol. The van der Waals surface area contributed by atoms with E-state index in [0.717, 1.165) is 22.6 Å². The Bertz CT molecular complexity index is 1230. The van der Waals surface area contributed by atoms with E-state index in [9.17, 15) is 17.6 Å². The highest BCUT2D eigenvalue weighted by molar-refractivity contribution is 7.91. The fourth-order valence-electron chi connectivity index (χ4n) is 3.18. The van der Waals surface area contributed by atoms with Gasteiger partial charge in [0.2, 0.25) is 16.0 Å². The molecule has 1 aromatic carbocycles. The van der Waals surface area contributed by atoms with Crippen molar-refractivity contribution in [3.8, 4) is 0 Å². The van der Waals surface area contributed by atoms with Crippen molar-refractivity contribution in [3.63, 3.8) is 0 Å². The zero-order chi connectivity index (χ0) is 22.2. The number of anilines is 1. The smallest absolute Gasteiger partial charge is 0.258 e. The van der Waals surface area contributed by atoms with Crippen molar-refractivity contribution in [1.82, 2.24) is 14.7 Å². The highest BCUT2D eigenvalue weighted by Gasteiger charge is 2.27. The third-order valence-corrected chi connectivity index (χ3v) is 8.55. The SMILES string of the molecule is O=C(Nc1ncc2c(n1)CCC(NS(=O)(=O)c1cc(Cl)c(Cl)s1)C2)c1ccc(F)cc1. The highest BCUT2D eigenvalue weighted by atomic mass is 35.5. The number of amides is 1. The molecule has 3 aromatic rings. The van der Waals surface area contributed by atoms with E-state index in [1.807, 2.05) is 0 Å². The highest BCUT2D eigenvalue weighted by Crippen LogP contribution is 2.34. The molecule has 31 heavy (non-hydrogen) atoms. The molecule has 1 aliphatic rings. The van der Waals surface area contributed by atoms with Gasteiger partial charge in [0, 0.05) is 23.5 Å². The van der Waals surface area contributed by atoms with Crippen LogP contribution < -0.4 is 10.0 Å². The first-order chi connectivity index (χ1) is 14.7. The van der Waals surface area contributed by atoms with E-state index in [2.05, 4.69) is 20.0 Å². The van der Waals surface area contributed by atoms with Crippen LogP contribution in [0.3, 0.4) is 0 Å². The number of rotatable bonds is 5. The molecule has 0 bridgehead atoms. The van der Waals surface area contributed by atoms with Gasteiger partial charge in [0.1, 0.15) is 14.4 Å². The van der Waals surface area contributed by atoms with Gasteiger partial charge in [0.05, 0.1) is 5.02 Å². The number of sulfonamides is 1. The lowest BCUT2D eigenvalue weighted by Gasteiger charge is -2.24. The van der Waals surface area contributed by atoms with E-state index in [1.54, 1.807) is 6.20 Å². The van der Waals surface area contributed by atoms with Crippen LogP contribution in [0.15, 0.2) is 40.7 Å². The van der Waals surface area contributed by atoms with Gasteiger partial charge in [-0.15, -0.1) is 11.3 Å². The number of carbonyl (C=O) groups is 1. The number of thiophene rings is 1. The van der Waals surface area contributed by atoms with Crippen LogP contribution in [-0.4, -0.2) is 30.3 Å². The van der Waals surface area contributed by atoms with Crippen molar-refractivity contribution < 1.29 is 17.6 Å². The zero-order valence-electron chi connectivity index (χ0n) is 15.7. The van der Waals surface area contributed by atoms with Gasteiger partial charge >= 0.3 is 0 Å². The predicted octanol–water partition coefficient (Wildman–Crippen LogP) is 4.07. The van der Waals surface area contributed by atoms with E-state index in [1.165, 1.54) is 30.3 Å². The molecule has 1 unspecified atom stereocenters. The predicted molar refractivity (Wildman–Crippen MR) is 117 cm³/mol. The largest absolute Gasteiger partial charge is 0.290 e. The third kappa shape index (κ3) is 5.04. The van der Waals surface area contributed by atoms with Crippen molar-refractivity contribution >= 4 is 56.4 Å². The molecule has 2 N–H and O–H groups in total. The molecule has 1 aliphatic carbocycles. The summed E-state index contributed by atoms with van der Waals surface area (Å²) >= 11 is 12.6. The Morgan fingerprint density at radius 3 is 2.65 bits per heavy atom. The van der Waals surface area contributed by atoms with E-state index in [4.69, 9.17) is 23.2 Å². The molecule has 0 radical (unpaired) electrons. The summed E-state index contributed by atoms with van der Waals surface area (Å²) in [6, 6.07) is 6.12. The number of nitrogens with zero attached hydrogens (tertiary/aromatic N) is 2. The number of nitrogens with one attached hydrogen (secondary N) is 2. The standard InChI is InChI=1S/C19H15Cl2FN4O3S2/c20-14-8-16(30-17(14)21)31(28,29)26-13-5-6-15-11(7-13)9-23-19(24-15)25-18(27)10-1-3-12(22)4-2-10/h1-4,8-9,13,26H,5-7H2,(H,23,24,25,27). The molecular formula is C19H15Cl2FN4O3S2. The first-order valence-corrected chi connectivity index (χ1v) is 12.2. The first kappa shape index (κ1) is 22.1. The summed E-state index contributed by atoms with van der Waals surface area (Å²) in [5, 5.41) is 2.79. The molecule has 0 saturated carbocycles. The summed E-state index contributed by atoms with van der Waals surface area (Å²) in [4.78, 5) is 20.8. The number of aryl methyl sites for hydroxylation is 1.